The Morgan fingerprint density at radius 3 is 2.04 bits per heavy atom. The van der Waals surface area contributed by atoms with Gasteiger partial charge in [-0.25, -0.2) is 19.2 Å². The third-order valence-corrected chi connectivity index (χ3v) is 20.3. The van der Waals surface area contributed by atoms with Crippen LogP contribution in [0.25, 0.3) is 22.2 Å². The molecule has 25 heteroatoms. The molecule has 6 saturated heterocycles. The van der Waals surface area contributed by atoms with Crippen LogP contribution in [0.1, 0.15) is 94.2 Å². The van der Waals surface area contributed by atoms with Crippen molar-refractivity contribution in [2.45, 2.75) is 132 Å². The van der Waals surface area contributed by atoms with E-state index in [9.17, 15) is 48.8 Å². The maximum Gasteiger partial charge on any atom is 0.410 e. The zero-order chi connectivity index (χ0) is 63.4. The van der Waals surface area contributed by atoms with Crippen molar-refractivity contribution in [1.82, 2.24) is 39.7 Å². The van der Waals surface area contributed by atoms with E-state index in [1.807, 2.05) is 53.5 Å². The van der Waals surface area contributed by atoms with E-state index in [1.54, 1.807) is 34.1 Å². The summed E-state index contributed by atoms with van der Waals surface area (Å²) in [6.45, 7) is 1.98. The van der Waals surface area contributed by atoms with Crippen molar-refractivity contribution in [2.75, 3.05) is 32.8 Å². The number of carboxylic acids is 1. The number of aliphatic imine (C=N–C) groups is 1. The first-order valence-corrected chi connectivity index (χ1v) is 31.2. The molecule has 6 fully saturated rings. The van der Waals surface area contributed by atoms with Crippen molar-refractivity contribution < 1.29 is 62.5 Å². The van der Waals surface area contributed by atoms with Gasteiger partial charge in [0.2, 0.25) is 23.2 Å². The van der Waals surface area contributed by atoms with Crippen molar-refractivity contribution in [3.8, 4) is 11.1 Å². The van der Waals surface area contributed by atoms with Gasteiger partial charge in [0.25, 0.3) is 11.8 Å². The van der Waals surface area contributed by atoms with Crippen molar-refractivity contribution in [3.63, 3.8) is 0 Å². The topological polar surface area (TPSA) is 297 Å². The van der Waals surface area contributed by atoms with Crippen LogP contribution in [0.4, 0.5) is 16.2 Å². The monoisotopic (exact) mass is 1270 g/mol. The zero-order valence-corrected chi connectivity index (χ0v) is 50.0. The normalized spacial score (nSPS) is 27.1. The highest BCUT2D eigenvalue weighted by atomic mass is 35.5. The van der Waals surface area contributed by atoms with Crippen molar-refractivity contribution in [3.05, 3.63) is 153 Å². The quantitative estimate of drug-likeness (QED) is 0.0635. The Bertz CT molecular complexity index is 3950. The van der Waals surface area contributed by atoms with Gasteiger partial charge in [-0.05, 0) is 114 Å². The van der Waals surface area contributed by atoms with Crippen LogP contribution in [0.15, 0.2) is 131 Å². The molecule has 6 amide bonds. The van der Waals surface area contributed by atoms with Crippen LogP contribution in [-0.2, 0) is 49.5 Å². The number of non-ortho nitro benzene ring substituents is 1. The lowest BCUT2D eigenvalue weighted by Gasteiger charge is -2.44. The summed E-state index contributed by atoms with van der Waals surface area (Å²) in [6.07, 6.45) is 17.8. The standard InChI is InChI=1S/C38H37ClN8O7.C27H26N2O5.CO2.CH4/c39-26-7-2-1-5-23(26)21-28(40-27-11-13-29(47(52)53)32-31(27)41-54-42-32)34(48)45-19-4-16-38(45)17-14-25-10-12-30(46(25)37(38)51)35(49)44-20-15-22-8-9-24-6-3-18-43(24)36(50)33(22)44;30-25-24-16(9-10-17-11-12-23(26(31)32)29(17)25)13-14-28(24)27(33)34-15-22-20-7-3-1-5-18(20)19-6-2-4-8-21(19)22;2-1-3;/h1-2,5,7-9,11,13-14,17,22,24-25,30,33H,3-4,6,10,12,15-16,18-21H2;1-10,16-17,22-24H,11-15H2,(H,31,32);;1H4/t22-,24+,25-,30-,33-,38+;16-,17-,23-,24-;;/m00../s1. The first kappa shape index (κ1) is 62.5. The molecule has 476 valence electrons. The number of carbonyl (C=O) groups excluding carboxylic acids is 8. The summed E-state index contributed by atoms with van der Waals surface area (Å²) in [5.74, 6) is -2.59. The van der Waals surface area contributed by atoms with Gasteiger partial charge in [-0.15, -0.1) is 0 Å². The third-order valence-electron chi connectivity index (χ3n) is 19.9. The molecule has 10 heterocycles. The number of likely N-dealkylation sites (tertiary alicyclic amines) is 3. The Kier molecular flexibility index (Phi) is 17.4. The number of aliphatic carboxylic acids is 1. The summed E-state index contributed by atoms with van der Waals surface area (Å²) >= 11 is 6.55. The van der Waals surface area contributed by atoms with Crippen LogP contribution in [0.5, 0.6) is 0 Å². The molecular weight excluding hydrogens is 1200 g/mol. The molecule has 4 aromatic carbocycles. The second-order valence-corrected chi connectivity index (χ2v) is 24.9. The molecule has 24 nitrogen and oxygen atoms in total. The minimum absolute atomic E-state index is 0. The summed E-state index contributed by atoms with van der Waals surface area (Å²) in [5, 5.41) is 29.2. The average molecular weight is 1270 g/mol. The Labute approximate surface area is 533 Å². The van der Waals surface area contributed by atoms with Crippen molar-refractivity contribution in [1.29, 1.82) is 0 Å². The largest absolute Gasteiger partial charge is 0.480 e. The maximum atomic E-state index is 14.9. The number of amides is 6. The smallest absolute Gasteiger partial charge is 0.410 e. The van der Waals surface area contributed by atoms with E-state index in [4.69, 9.17) is 35.5 Å². The first-order valence-electron chi connectivity index (χ1n) is 30.8. The van der Waals surface area contributed by atoms with E-state index < -0.39 is 52.6 Å². The number of nitro benzene ring substituents is 1. The van der Waals surface area contributed by atoms with E-state index in [0.29, 0.717) is 81.6 Å². The summed E-state index contributed by atoms with van der Waals surface area (Å²) in [4.78, 5) is 138. The minimum atomic E-state index is -1.37. The van der Waals surface area contributed by atoms with Gasteiger partial charge in [0.15, 0.2) is 5.52 Å². The summed E-state index contributed by atoms with van der Waals surface area (Å²) in [5.41, 5.74) is 3.55. The molecule has 1 aliphatic carbocycles. The van der Waals surface area contributed by atoms with Gasteiger partial charge in [0.1, 0.15) is 42.0 Å². The number of hydrogen-bond acceptors (Lipinski definition) is 16. The van der Waals surface area contributed by atoms with Crippen LogP contribution < -0.4 is 0 Å². The van der Waals surface area contributed by atoms with E-state index in [1.165, 1.54) is 26.8 Å². The SMILES string of the molecule is C.O=C(O)[C@@H]1CC[C@@H]2C=C[C@H]3CCN(C(=O)OCC4c5ccccc5-c5ccccc54)[C@@H]3C(=O)N21.O=C([C@@H]1CC[C@H]2C=C[C@]3(CCCN3C(=O)C(Cc3ccccc3Cl)=Nc3ccc([N+](=O)[O-])c4nonc34)C(=O)N21)N1CC[C@@H]2C=C[C@H]3CCCN3C(=O)[C@H]21.O=C=O. The van der Waals surface area contributed by atoms with Gasteiger partial charge < -0.3 is 34.3 Å². The van der Waals surface area contributed by atoms with Crippen molar-refractivity contribution in [2.24, 2.45) is 16.8 Å². The Morgan fingerprint density at radius 1 is 0.717 bits per heavy atom. The maximum absolute atomic E-state index is 14.9. The number of nitrogens with zero attached hydrogens (tertiary/aromatic N) is 10. The number of rotatable bonds is 9. The number of ether oxygens (including phenoxy) is 1. The molecule has 10 aliphatic rings. The third kappa shape index (κ3) is 10.8. The highest BCUT2D eigenvalue weighted by Crippen LogP contribution is 2.47. The fraction of sp³-hybridized carbons (Fsp3) is 0.418. The Balaban J connectivity index is 0.000000184. The number of fused-ring (bicyclic) bond motifs is 9. The van der Waals surface area contributed by atoms with Crippen LogP contribution in [0, 0.1) is 22.0 Å². The van der Waals surface area contributed by atoms with Gasteiger partial charge in [-0.3, -0.25) is 39.0 Å². The van der Waals surface area contributed by atoms with E-state index in [2.05, 4.69) is 46.7 Å². The molecule has 0 bridgehead atoms. The number of nitro groups is 1. The predicted octanol–water partition coefficient (Wildman–Crippen LogP) is 7.86. The van der Waals surface area contributed by atoms with Gasteiger partial charge in [0, 0.05) is 61.4 Å². The molecule has 0 saturated carbocycles. The number of carbonyl (C=O) groups is 7. The lowest BCUT2D eigenvalue weighted by atomic mass is 9.88. The fourth-order valence-electron chi connectivity index (χ4n) is 15.7. The van der Waals surface area contributed by atoms with Crippen LogP contribution in [0.3, 0.4) is 0 Å². The van der Waals surface area contributed by atoms with Crippen LogP contribution in [0.2, 0.25) is 5.02 Å². The summed E-state index contributed by atoms with van der Waals surface area (Å²) in [6, 6.07) is 22.6. The molecule has 1 aromatic heterocycles. The number of carboxylic acid groups (broad SMARTS) is 1. The molecule has 1 N–H and O–H groups in total. The van der Waals surface area contributed by atoms with Crippen LogP contribution in [-0.4, -0.2) is 184 Å². The van der Waals surface area contributed by atoms with Gasteiger partial charge in [0.05, 0.1) is 28.7 Å². The zero-order valence-electron chi connectivity index (χ0n) is 49.2. The number of hydrogen-bond donors (Lipinski definition) is 1. The van der Waals surface area contributed by atoms with Gasteiger partial charge in [-0.1, -0.05) is 122 Å². The molecular formula is C67H67ClN10O14. The first-order chi connectivity index (χ1) is 44.1. The second kappa shape index (κ2) is 25.5. The summed E-state index contributed by atoms with van der Waals surface area (Å²) < 4.78 is 10.7. The highest BCUT2D eigenvalue weighted by molar-refractivity contribution is 6.41. The molecule has 0 unspecified atom stereocenters. The minimum Gasteiger partial charge on any atom is -0.480 e. The lowest BCUT2D eigenvalue weighted by molar-refractivity contribution is -0.383. The molecule has 9 aliphatic heterocycles. The Hall–Kier alpha value is -9.67. The molecule has 0 radical (unpaired) electrons. The number of benzene rings is 4. The van der Waals surface area contributed by atoms with Crippen LogP contribution >= 0.6 is 11.6 Å². The summed E-state index contributed by atoms with van der Waals surface area (Å²) in [7, 11) is 0. The average Bonchev–Trinajstić information content (AvgIpc) is 1.52. The van der Waals surface area contributed by atoms with E-state index >= 15 is 0 Å². The second-order valence-electron chi connectivity index (χ2n) is 24.5. The highest BCUT2D eigenvalue weighted by Gasteiger charge is 2.59. The van der Waals surface area contributed by atoms with Crippen molar-refractivity contribution >= 4 is 87.5 Å². The molecule has 1 spiro atoms. The fourth-order valence-corrected chi connectivity index (χ4v) is 15.9. The molecule has 15 rings (SSSR count). The predicted molar refractivity (Wildman–Crippen MR) is 331 cm³/mol. The van der Waals surface area contributed by atoms with Gasteiger partial charge >= 0.3 is 23.9 Å². The molecule has 5 aromatic rings. The number of aromatic nitrogens is 2. The number of halogens is 1. The lowest BCUT2D eigenvalue weighted by Crippen LogP contribution is -2.64. The molecule has 92 heavy (non-hydrogen) atoms. The van der Waals surface area contributed by atoms with E-state index in [0.717, 1.165) is 35.1 Å². The van der Waals surface area contributed by atoms with Gasteiger partial charge in [-0.2, -0.15) is 9.59 Å². The van der Waals surface area contributed by atoms with E-state index in [-0.39, 0.29) is 121 Å². The Morgan fingerprint density at radius 2 is 1.35 bits per heavy atom. The molecule has 10 atom stereocenters.